The number of nitrogens with zero attached hydrogens (tertiary/aromatic N) is 2. The molecule has 0 aliphatic rings. The fraction of sp³-hybridized carbons (Fsp3) is 0.143. The molecule has 1 aromatic heterocycles. The molecule has 0 aliphatic heterocycles. The van der Waals surface area contributed by atoms with Crippen molar-refractivity contribution in [3.63, 3.8) is 0 Å². The third-order valence-electron chi connectivity index (χ3n) is 4.39. The number of aromatic nitrogens is 1. The minimum Gasteiger partial charge on any atom is -0.318 e. The summed E-state index contributed by atoms with van der Waals surface area (Å²) in [7, 11) is 0. The molecule has 0 radical (unpaired) electrons. The average molecular weight is 400 g/mol. The van der Waals surface area contributed by atoms with Gasteiger partial charge in [-0.3, -0.25) is 4.79 Å². The van der Waals surface area contributed by atoms with E-state index in [1.807, 2.05) is 57.2 Å². The molecule has 4 nitrogen and oxygen atoms in total. The lowest BCUT2D eigenvalue weighted by atomic mass is 10.1. The summed E-state index contributed by atoms with van der Waals surface area (Å²) in [5.74, 6) is -0.234. The first-order valence-corrected chi connectivity index (χ1v) is 9.17. The van der Waals surface area contributed by atoms with E-state index in [1.165, 1.54) is 0 Å². The number of carbonyl (C=O) groups is 1. The van der Waals surface area contributed by atoms with Crippen LogP contribution in [0.2, 0.25) is 10.0 Å². The zero-order valence-electron chi connectivity index (χ0n) is 15.3. The summed E-state index contributed by atoms with van der Waals surface area (Å²) in [5.41, 5.74) is 7.93. The zero-order chi connectivity index (χ0) is 19.6. The van der Waals surface area contributed by atoms with Crippen molar-refractivity contribution < 1.29 is 4.79 Å². The maximum Gasteiger partial charge on any atom is 0.271 e. The van der Waals surface area contributed by atoms with Crippen LogP contribution in [-0.4, -0.2) is 16.7 Å². The molecule has 0 bridgehead atoms. The van der Waals surface area contributed by atoms with Crippen LogP contribution in [0.1, 0.15) is 32.9 Å². The van der Waals surface area contributed by atoms with Crippen LogP contribution in [0.25, 0.3) is 5.69 Å². The molecule has 0 fully saturated rings. The van der Waals surface area contributed by atoms with E-state index in [4.69, 9.17) is 23.2 Å². The standard InChI is InChI=1S/C21H19Cl2N3O/c1-13-6-4-5-7-18(13)21(27)25-24-12-16-10-14(2)26(15(16)3)17-8-9-19(22)20(23)11-17/h4-12H,1-3H3,(H,25,27)/b24-12+. The Morgan fingerprint density at radius 3 is 2.48 bits per heavy atom. The van der Waals surface area contributed by atoms with Gasteiger partial charge >= 0.3 is 0 Å². The van der Waals surface area contributed by atoms with E-state index in [0.29, 0.717) is 15.6 Å². The molecule has 138 valence electrons. The van der Waals surface area contributed by atoms with Gasteiger partial charge in [-0.1, -0.05) is 41.4 Å². The molecule has 2 aromatic carbocycles. The lowest BCUT2D eigenvalue weighted by Gasteiger charge is -2.10. The van der Waals surface area contributed by atoms with Crippen LogP contribution in [0.5, 0.6) is 0 Å². The van der Waals surface area contributed by atoms with Gasteiger partial charge < -0.3 is 4.57 Å². The highest BCUT2D eigenvalue weighted by Gasteiger charge is 2.11. The monoisotopic (exact) mass is 399 g/mol. The van der Waals surface area contributed by atoms with Crippen LogP contribution < -0.4 is 5.43 Å². The molecular weight excluding hydrogens is 381 g/mol. The van der Waals surface area contributed by atoms with Crippen LogP contribution >= 0.6 is 23.2 Å². The SMILES string of the molecule is Cc1ccccc1C(=O)N/N=C/c1cc(C)n(-c2ccc(Cl)c(Cl)c2)c1C. The highest BCUT2D eigenvalue weighted by atomic mass is 35.5. The number of aryl methyl sites for hydroxylation is 2. The lowest BCUT2D eigenvalue weighted by molar-refractivity contribution is 0.0954. The van der Waals surface area contributed by atoms with Crippen LogP contribution in [0.4, 0.5) is 0 Å². The van der Waals surface area contributed by atoms with Gasteiger partial charge in [0.25, 0.3) is 5.91 Å². The number of halogens is 2. The molecule has 1 amide bonds. The van der Waals surface area contributed by atoms with Crippen molar-refractivity contribution in [3.8, 4) is 5.69 Å². The predicted molar refractivity (Wildman–Crippen MR) is 112 cm³/mol. The zero-order valence-corrected chi connectivity index (χ0v) is 16.8. The highest BCUT2D eigenvalue weighted by Crippen LogP contribution is 2.27. The summed E-state index contributed by atoms with van der Waals surface area (Å²) in [4.78, 5) is 12.2. The van der Waals surface area contributed by atoms with Gasteiger partial charge in [-0.15, -0.1) is 0 Å². The van der Waals surface area contributed by atoms with Gasteiger partial charge in [0.1, 0.15) is 0 Å². The first-order chi connectivity index (χ1) is 12.9. The van der Waals surface area contributed by atoms with Gasteiger partial charge in [0.2, 0.25) is 0 Å². The Kier molecular flexibility index (Phi) is 5.68. The Morgan fingerprint density at radius 1 is 1.04 bits per heavy atom. The molecule has 0 saturated heterocycles. The number of hydrogen-bond acceptors (Lipinski definition) is 2. The second kappa shape index (κ2) is 7.99. The van der Waals surface area contributed by atoms with Gasteiger partial charge in [-0.2, -0.15) is 5.10 Å². The Labute approximate surface area is 168 Å². The summed E-state index contributed by atoms with van der Waals surface area (Å²) >= 11 is 12.2. The molecule has 0 spiro atoms. The second-order valence-corrected chi connectivity index (χ2v) is 7.09. The van der Waals surface area contributed by atoms with Crippen molar-refractivity contribution >= 4 is 35.3 Å². The van der Waals surface area contributed by atoms with E-state index in [1.54, 1.807) is 18.3 Å². The first kappa shape index (κ1) is 19.2. The Hall–Kier alpha value is -2.56. The highest BCUT2D eigenvalue weighted by molar-refractivity contribution is 6.42. The van der Waals surface area contributed by atoms with Gasteiger partial charge in [-0.25, -0.2) is 5.43 Å². The van der Waals surface area contributed by atoms with E-state index in [2.05, 4.69) is 15.1 Å². The number of hydrazone groups is 1. The normalized spacial score (nSPS) is 11.1. The molecule has 3 aromatic rings. The molecule has 1 heterocycles. The van der Waals surface area contributed by atoms with Gasteiger partial charge in [0.15, 0.2) is 0 Å². The van der Waals surface area contributed by atoms with Crippen molar-refractivity contribution in [1.29, 1.82) is 0 Å². The van der Waals surface area contributed by atoms with Crippen LogP contribution in [0, 0.1) is 20.8 Å². The van der Waals surface area contributed by atoms with E-state index in [9.17, 15) is 4.79 Å². The van der Waals surface area contributed by atoms with Gasteiger partial charge in [0.05, 0.1) is 16.3 Å². The quantitative estimate of drug-likeness (QED) is 0.458. The fourth-order valence-electron chi connectivity index (χ4n) is 2.99. The van der Waals surface area contributed by atoms with Crippen molar-refractivity contribution in [3.05, 3.63) is 86.7 Å². The summed E-state index contributed by atoms with van der Waals surface area (Å²) in [6.45, 7) is 5.88. The van der Waals surface area contributed by atoms with Crippen LogP contribution in [-0.2, 0) is 0 Å². The van der Waals surface area contributed by atoms with Gasteiger partial charge in [0, 0.05) is 28.2 Å². The molecular formula is C21H19Cl2N3O. The summed E-state index contributed by atoms with van der Waals surface area (Å²) in [5, 5.41) is 5.13. The third-order valence-corrected chi connectivity index (χ3v) is 5.13. The van der Waals surface area contributed by atoms with E-state index in [0.717, 1.165) is 28.2 Å². The fourth-order valence-corrected chi connectivity index (χ4v) is 3.28. The average Bonchev–Trinajstić information content (AvgIpc) is 2.91. The molecule has 6 heteroatoms. The minimum absolute atomic E-state index is 0.234. The number of amides is 1. The van der Waals surface area contributed by atoms with Crippen molar-refractivity contribution in [1.82, 2.24) is 9.99 Å². The van der Waals surface area contributed by atoms with Crippen LogP contribution in [0.3, 0.4) is 0 Å². The smallest absolute Gasteiger partial charge is 0.271 e. The lowest BCUT2D eigenvalue weighted by Crippen LogP contribution is -2.18. The molecule has 0 saturated carbocycles. The Morgan fingerprint density at radius 2 is 1.78 bits per heavy atom. The topological polar surface area (TPSA) is 46.4 Å². The molecule has 1 N–H and O–H groups in total. The number of nitrogens with one attached hydrogen (secondary N) is 1. The second-order valence-electron chi connectivity index (χ2n) is 6.27. The number of rotatable bonds is 4. The molecule has 3 rings (SSSR count). The first-order valence-electron chi connectivity index (χ1n) is 8.42. The van der Waals surface area contributed by atoms with E-state index in [-0.39, 0.29) is 5.91 Å². The molecule has 0 unspecified atom stereocenters. The van der Waals surface area contributed by atoms with E-state index < -0.39 is 0 Å². The van der Waals surface area contributed by atoms with Crippen molar-refractivity contribution in [2.75, 3.05) is 0 Å². The van der Waals surface area contributed by atoms with Gasteiger partial charge in [-0.05, 0) is 56.7 Å². The minimum atomic E-state index is -0.234. The number of hydrogen-bond donors (Lipinski definition) is 1. The van der Waals surface area contributed by atoms with Crippen molar-refractivity contribution in [2.45, 2.75) is 20.8 Å². The van der Waals surface area contributed by atoms with Crippen molar-refractivity contribution in [2.24, 2.45) is 5.10 Å². The maximum atomic E-state index is 12.2. The van der Waals surface area contributed by atoms with E-state index >= 15 is 0 Å². The summed E-state index contributed by atoms with van der Waals surface area (Å²) in [6, 6.07) is 14.9. The summed E-state index contributed by atoms with van der Waals surface area (Å²) in [6.07, 6.45) is 1.65. The summed E-state index contributed by atoms with van der Waals surface area (Å²) < 4.78 is 2.06. The molecule has 0 atom stereocenters. The van der Waals surface area contributed by atoms with Crippen LogP contribution in [0.15, 0.2) is 53.6 Å². The third kappa shape index (κ3) is 4.07. The largest absolute Gasteiger partial charge is 0.318 e. The maximum absolute atomic E-state index is 12.2. The Balaban J connectivity index is 1.82. The number of benzene rings is 2. The predicted octanol–water partition coefficient (Wildman–Crippen LogP) is 5.47. The molecule has 0 aliphatic carbocycles. The Bertz CT molecular complexity index is 1040. The molecule has 27 heavy (non-hydrogen) atoms. The number of carbonyl (C=O) groups excluding carboxylic acids is 1.